The number of rotatable bonds is 4. The molecule has 1 fully saturated rings. The first-order chi connectivity index (χ1) is 7.86. The van der Waals surface area contributed by atoms with E-state index in [2.05, 4.69) is 9.98 Å². The van der Waals surface area contributed by atoms with Gasteiger partial charge in [-0.25, -0.2) is 0 Å². The maximum absolute atomic E-state index is 9.94. The Bertz CT molecular complexity index is 258. The van der Waals surface area contributed by atoms with E-state index < -0.39 is 0 Å². The number of hydrogen-bond donors (Lipinski definition) is 1. The summed E-state index contributed by atoms with van der Waals surface area (Å²) in [6.07, 6.45) is 3.13. The van der Waals surface area contributed by atoms with E-state index in [4.69, 9.17) is 0 Å². The molecule has 0 radical (unpaired) electrons. The molecule has 0 aromatic heterocycles. The average molecular weight is 345 g/mol. The van der Waals surface area contributed by atoms with E-state index in [0.717, 1.165) is 11.5 Å². The topological polar surface area (TPSA) is 58.9 Å². The summed E-state index contributed by atoms with van der Waals surface area (Å²) >= 11 is 4.30. The maximum atomic E-state index is 9.94. The van der Waals surface area contributed by atoms with Crippen molar-refractivity contribution in [2.24, 2.45) is 9.98 Å². The Balaban J connectivity index is 0. The van der Waals surface area contributed by atoms with Gasteiger partial charge in [-0.2, -0.15) is 3.89 Å². The van der Waals surface area contributed by atoms with Gasteiger partial charge in [-0.1, -0.05) is 7.43 Å². The van der Waals surface area contributed by atoms with E-state index >= 15 is 0 Å². The standard InChI is InChI=1S/C8H10N2O2SSe.CH4.FHS/c11-5-9-1-7-3-13-4-8(14-7)2-10-6-12;;1-2/h7-8H,1-4H2;1H4;2H. The van der Waals surface area contributed by atoms with Crippen LogP contribution < -0.4 is 0 Å². The Hall–Kier alpha value is -0.0905. The van der Waals surface area contributed by atoms with Crippen LogP contribution in [0, 0.1) is 0 Å². The van der Waals surface area contributed by atoms with E-state index in [0.29, 0.717) is 37.7 Å². The second-order valence-corrected chi connectivity index (χ2v) is 7.22. The Labute approximate surface area is 117 Å². The van der Waals surface area contributed by atoms with Crippen LogP contribution in [0.25, 0.3) is 0 Å². The number of carbonyl (C=O) groups excluding carboxylic acids is 2. The summed E-state index contributed by atoms with van der Waals surface area (Å²) in [5.41, 5.74) is 0. The van der Waals surface area contributed by atoms with Crippen molar-refractivity contribution in [2.45, 2.75) is 17.1 Å². The van der Waals surface area contributed by atoms with Gasteiger partial charge in [0, 0.05) is 13.0 Å². The summed E-state index contributed by atoms with van der Waals surface area (Å²) in [6.45, 7) is 1.16. The van der Waals surface area contributed by atoms with Gasteiger partial charge < -0.3 is 0 Å². The van der Waals surface area contributed by atoms with Gasteiger partial charge in [0.15, 0.2) is 0 Å². The molecule has 0 N–H and O–H groups in total. The van der Waals surface area contributed by atoms with Crippen LogP contribution in [-0.4, -0.2) is 51.7 Å². The van der Waals surface area contributed by atoms with Gasteiger partial charge >= 0.3 is 92.7 Å². The predicted molar refractivity (Wildman–Crippen MR) is 73.4 cm³/mol. The van der Waals surface area contributed by atoms with Crippen LogP contribution in [0.2, 0.25) is 9.63 Å². The van der Waals surface area contributed by atoms with Gasteiger partial charge in [-0.05, 0) is 0 Å². The first-order valence-electron chi connectivity index (χ1n) is 4.34. The number of nitrogens with zero attached hydrogens (tertiary/aromatic N) is 2. The summed E-state index contributed by atoms with van der Waals surface area (Å²) in [4.78, 5) is 28.1. The zero-order valence-electron chi connectivity index (χ0n) is 8.34. The normalized spacial score (nSPS) is 21.8. The molecule has 2 atom stereocenters. The number of isocyanates is 2. The monoisotopic (exact) mass is 346 g/mol. The molecule has 2 unspecified atom stereocenters. The quantitative estimate of drug-likeness (QED) is 0.368. The number of thioether (sulfide) groups is 1. The van der Waals surface area contributed by atoms with Crippen molar-refractivity contribution in [1.29, 1.82) is 0 Å². The second-order valence-electron chi connectivity index (χ2n) is 2.78. The molecular formula is C9H15FN2O2S2Se. The van der Waals surface area contributed by atoms with Crippen LogP contribution in [0.3, 0.4) is 0 Å². The van der Waals surface area contributed by atoms with Gasteiger partial charge in [0.1, 0.15) is 0 Å². The third-order valence-electron chi connectivity index (χ3n) is 1.71. The van der Waals surface area contributed by atoms with E-state index in [-0.39, 0.29) is 7.43 Å². The molecule has 0 amide bonds. The third kappa shape index (κ3) is 9.60. The van der Waals surface area contributed by atoms with Crippen molar-refractivity contribution >= 4 is 51.9 Å². The molecule has 0 aromatic carbocycles. The van der Waals surface area contributed by atoms with Gasteiger partial charge in [-0.3, -0.25) is 0 Å². The molecule has 1 aliphatic rings. The molecule has 1 heterocycles. The molecule has 8 heteroatoms. The Morgan fingerprint density at radius 2 is 1.59 bits per heavy atom. The first-order valence-corrected chi connectivity index (χ1v) is 7.81. The van der Waals surface area contributed by atoms with Crippen molar-refractivity contribution < 1.29 is 13.5 Å². The molecule has 17 heavy (non-hydrogen) atoms. The van der Waals surface area contributed by atoms with Crippen molar-refractivity contribution in [3.8, 4) is 0 Å². The molecule has 1 saturated heterocycles. The molecule has 1 aliphatic heterocycles. The van der Waals surface area contributed by atoms with Gasteiger partial charge in [0.2, 0.25) is 0 Å². The van der Waals surface area contributed by atoms with Crippen LogP contribution in [0.1, 0.15) is 7.43 Å². The minimum absolute atomic E-state index is 0. The van der Waals surface area contributed by atoms with Crippen molar-refractivity contribution in [1.82, 2.24) is 0 Å². The van der Waals surface area contributed by atoms with E-state index in [1.165, 1.54) is 0 Å². The summed E-state index contributed by atoms with van der Waals surface area (Å²) in [7, 11) is 0. The molecule has 0 saturated carbocycles. The molecule has 0 aliphatic carbocycles. The molecule has 4 nitrogen and oxygen atoms in total. The number of thiol groups is 1. The molecule has 1 rings (SSSR count). The van der Waals surface area contributed by atoms with Crippen LogP contribution in [0.5, 0.6) is 0 Å². The second kappa shape index (κ2) is 14.0. The van der Waals surface area contributed by atoms with E-state index in [9.17, 15) is 13.5 Å². The van der Waals surface area contributed by atoms with Crippen LogP contribution >= 0.6 is 24.8 Å². The SMILES string of the molecule is C.FS.O=C=NCC1CSCC(CN=C=O)[Se]1. The van der Waals surface area contributed by atoms with Gasteiger partial charge in [0.25, 0.3) is 0 Å². The fourth-order valence-electron chi connectivity index (χ4n) is 1.15. The van der Waals surface area contributed by atoms with Gasteiger partial charge in [-0.15, -0.1) is 0 Å². The Morgan fingerprint density at radius 3 is 1.94 bits per heavy atom. The Kier molecular flexibility index (Phi) is 15.8. The number of hydrogen-bond acceptors (Lipinski definition) is 6. The van der Waals surface area contributed by atoms with E-state index in [1.54, 1.807) is 12.2 Å². The zero-order chi connectivity index (χ0) is 12.2. The van der Waals surface area contributed by atoms with Gasteiger partial charge in [0.05, 0.1) is 0 Å². The fourth-order valence-corrected chi connectivity index (χ4v) is 6.20. The average Bonchev–Trinajstić information content (AvgIpc) is 2.37. The molecule has 98 valence electrons. The van der Waals surface area contributed by atoms with Crippen molar-refractivity contribution in [3.05, 3.63) is 0 Å². The Morgan fingerprint density at radius 1 is 1.18 bits per heavy atom. The molecule has 0 aromatic rings. The fraction of sp³-hybridized carbons (Fsp3) is 0.778. The zero-order valence-corrected chi connectivity index (χ0v) is 11.8. The summed E-state index contributed by atoms with van der Waals surface area (Å²) in [5, 5.41) is 0. The van der Waals surface area contributed by atoms with Crippen LogP contribution in [0.15, 0.2) is 9.98 Å². The summed E-state index contributed by atoms with van der Waals surface area (Å²) in [5.74, 6) is 2.12. The first kappa shape index (κ1) is 19.3. The number of aliphatic imine (C=N–C) groups is 2. The predicted octanol–water partition coefficient (Wildman–Crippen LogP) is 2.12. The third-order valence-corrected chi connectivity index (χ3v) is 6.88. The number of halogens is 1. The van der Waals surface area contributed by atoms with E-state index in [1.807, 2.05) is 24.8 Å². The minimum atomic E-state index is 0. The molecule has 0 spiro atoms. The molecular weight excluding hydrogens is 330 g/mol. The van der Waals surface area contributed by atoms with Crippen LogP contribution in [-0.2, 0) is 9.59 Å². The van der Waals surface area contributed by atoms with Crippen LogP contribution in [0.4, 0.5) is 3.89 Å². The van der Waals surface area contributed by atoms with Crippen molar-refractivity contribution in [3.63, 3.8) is 0 Å². The summed E-state index contributed by atoms with van der Waals surface area (Å²) < 4.78 is 9.19. The summed E-state index contributed by atoms with van der Waals surface area (Å²) in [6, 6.07) is 0. The van der Waals surface area contributed by atoms with Crippen molar-refractivity contribution in [2.75, 3.05) is 24.6 Å². The molecule has 0 bridgehead atoms.